The second-order valence-electron chi connectivity index (χ2n) is 5.21. The van der Waals surface area contributed by atoms with Gasteiger partial charge in [0.1, 0.15) is 0 Å². The van der Waals surface area contributed by atoms with Gasteiger partial charge in [0, 0.05) is 18.9 Å². The van der Waals surface area contributed by atoms with E-state index < -0.39 is 11.5 Å². The minimum atomic E-state index is -0.463. The molecule has 1 amide bonds. The third-order valence-corrected chi connectivity index (χ3v) is 3.66. The first-order valence-electron chi connectivity index (χ1n) is 7.27. The van der Waals surface area contributed by atoms with Crippen molar-refractivity contribution in [3.05, 3.63) is 70.4 Å². The second-order valence-corrected chi connectivity index (χ2v) is 5.21. The van der Waals surface area contributed by atoms with Gasteiger partial charge in [-0.15, -0.1) is 5.10 Å². The summed E-state index contributed by atoms with van der Waals surface area (Å²) in [6.45, 7) is 0.289. The lowest BCUT2D eigenvalue weighted by molar-refractivity contribution is 0.0947. The Kier molecular flexibility index (Phi) is 3.27. The minimum Gasteiger partial charge on any atom is -0.346 e. The van der Waals surface area contributed by atoms with Gasteiger partial charge in [0.05, 0.1) is 11.0 Å². The summed E-state index contributed by atoms with van der Waals surface area (Å²) in [5.74, 6) is -0.463. The Bertz CT molecular complexity index is 1100. The number of nitrogens with zero attached hydrogens (tertiary/aromatic N) is 4. The summed E-state index contributed by atoms with van der Waals surface area (Å²) in [4.78, 5) is 31.4. The lowest BCUT2D eigenvalue weighted by atomic mass is 10.2. The van der Waals surface area contributed by atoms with Crippen LogP contribution in [0.25, 0.3) is 16.6 Å². The predicted molar refractivity (Wildman–Crippen MR) is 86.5 cm³/mol. The highest BCUT2D eigenvalue weighted by Gasteiger charge is 2.19. The Morgan fingerprint density at radius 3 is 2.92 bits per heavy atom. The molecule has 2 N–H and O–H groups in total. The smallest absolute Gasteiger partial charge is 0.277 e. The molecule has 0 unspecified atom stereocenters. The Labute approximate surface area is 135 Å². The van der Waals surface area contributed by atoms with E-state index in [1.807, 2.05) is 18.2 Å². The van der Waals surface area contributed by atoms with Crippen LogP contribution in [0.2, 0.25) is 0 Å². The van der Waals surface area contributed by atoms with Gasteiger partial charge in [0.25, 0.3) is 11.5 Å². The highest BCUT2D eigenvalue weighted by molar-refractivity contribution is 5.99. The van der Waals surface area contributed by atoms with E-state index in [-0.39, 0.29) is 17.8 Å². The van der Waals surface area contributed by atoms with Crippen LogP contribution in [0.4, 0.5) is 0 Å². The van der Waals surface area contributed by atoms with E-state index >= 15 is 0 Å². The molecule has 1 aromatic carbocycles. The van der Waals surface area contributed by atoms with E-state index in [4.69, 9.17) is 0 Å². The van der Waals surface area contributed by atoms with Gasteiger partial charge < -0.3 is 10.3 Å². The number of hydrogen-bond donors (Lipinski definition) is 2. The fraction of sp³-hybridized carbons (Fsp3) is 0.0625. The third kappa shape index (κ3) is 2.30. The molecule has 0 radical (unpaired) electrons. The molecule has 0 atom stereocenters. The van der Waals surface area contributed by atoms with Gasteiger partial charge in [-0.05, 0) is 23.8 Å². The second kappa shape index (κ2) is 5.58. The summed E-state index contributed by atoms with van der Waals surface area (Å²) >= 11 is 0. The number of H-pyrrole nitrogens is 1. The Hall–Kier alpha value is -3.55. The zero-order valence-electron chi connectivity index (χ0n) is 12.4. The summed E-state index contributed by atoms with van der Waals surface area (Å²) in [6.07, 6.45) is 3.31. The topological polar surface area (TPSA) is 105 Å². The Balaban J connectivity index is 1.73. The fourth-order valence-corrected chi connectivity index (χ4v) is 2.52. The van der Waals surface area contributed by atoms with Gasteiger partial charge in [-0.3, -0.25) is 14.6 Å². The maximum Gasteiger partial charge on any atom is 0.277 e. The van der Waals surface area contributed by atoms with E-state index in [0.717, 1.165) is 5.56 Å². The molecule has 0 aliphatic heterocycles. The van der Waals surface area contributed by atoms with Crippen LogP contribution in [0.3, 0.4) is 0 Å². The lowest BCUT2D eigenvalue weighted by Gasteiger charge is -2.03. The molecule has 0 spiro atoms. The number of carbonyl (C=O) groups excluding carboxylic acids is 1. The van der Waals surface area contributed by atoms with Crippen molar-refractivity contribution in [3.63, 3.8) is 0 Å². The predicted octanol–water partition coefficient (Wildman–Crippen LogP) is 0.896. The number of hydrogen-bond acceptors (Lipinski definition) is 5. The van der Waals surface area contributed by atoms with Crippen LogP contribution >= 0.6 is 0 Å². The SMILES string of the molecule is O=C(NCc1cccnc1)c1nnn2c1c(=O)[nH]c1ccccc12. The number of aromatic amines is 1. The van der Waals surface area contributed by atoms with E-state index in [9.17, 15) is 9.59 Å². The number of rotatable bonds is 3. The van der Waals surface area contributed by atoms with Crippen molar-refractivity contribution in [3.8, 4) is 0 Å². The van der Waals surface area contributed by atoms with Crippen molar-refractivity contribution >= 4 is 22.5 Å². The highest BCUT2D eigenvalue weighted by atomic mass is 16.2. The summed E-state index contributed by atoms with van der Waals surface area (Å²) < 4.78 is 1.38. The van der Waals surface area contributed by atoms with E-state index in [0.29, 0.717) is 11.0 Å². The lowest BCUT2D eigenvalue weighted by Crippen LogP contribution is -2.25. The van der Waals surface area contributed by atoms with E-state index in [1.54, 1.807) is 30.6 Å². The molecule has 4 rings (SSSR count). The quantitative estimate of drug-likeness (QED) is 0.583. The molecule has 4 aromatic rings. The van der Waals surface area contributed by atoms with Crippen molar-refractivity contribution in [1.82, 2.24) is 30.1 Å². The van der Waals surface area contributed by atoms with Crippen molar-refractivity contribution < 1.29 is 4.79 Å². The van der Waals surface area contributed by atoms with Gasteiger partial charge >= 0.3 is 0 Å². The molecule has 0 aliphatic carbocycles. The van der Waals surface area contributed by atoms with Crippen LogP contribution in [0, 0.1) is 0 Å². The number of aromatic nitrogens is 5. The zero-order valence-corrected chi connectivity index (χ0v) is 12.4. The van der Waals surface area contributed by atoms with Gasteiger partial charge in [-0.2, -0.15) is 0 Å². The van der Waals surface area contributed by atoms with Gasteiger partial charge in [0.2, 0.25) is 0 Å². The van der Waals surface area contributed by atoms with Crippen LogP contribution in [-0.4, -0.2) is 30.7 Å². The molecule has 3 heterocycles. The molecule has 24 heavy (non-hydrogen) atoms. The number of benzene rings is 1. The monoisotopic (exact) mass is 320 g/mol. The first kappa shape index (κ1) is 14.1. The highest BCUT2D eigenvalue weighted by Crippen LogP contribution is 2.12. The van der Waals surface area contributed by atoms with E-state index in [2.05, 4.69) is 25.6 Å². The maximum absolute atomic E-state index is 12.4. The average Bonchev–Trinajstić information content (AvgIpc) is 3.07. The fourth-order valence-electron chi connectivity index (χ4n) is 2.52. The van der Waals surface area contributed by atoms with Crippen LogP contribution < -0.4 is 10.9 Å². The summed E-state index contributed by atoms with van der Waals surface area (Å²) in [6, 6.07) is 10.8. The van der Waals surface area contributed by atoms with Gasteiger partial charge in [0.15, 0.2) is 11.2 Å². The number of pyridine rings is 1. The number of fused-ring (bicyclic) bond motifs is 3. The number of carbonyl (C=O) groups is 1. The number of amides is 1. The molecule has 0 saturated heterocycles. The van der Waals surface area contributed by atoms with Crippen molar-refractivity contribution in [2.24, 2.45) is 0 Å². The van der Waals surface area contributed by atoms with Crippen LogP contribution in [0.1, 0.15) is 16.1 Å². The molecular weight excluding hydrogens is 308 g/mol. The van der Waals surface area contributed by atoms with Gasteiger partial charge in [-0.1, -0.05) is 23.4 Å². The molecule has 118 valence electrons. The summed E-state index contributed by atoms with van der Waals surface area (Å²) in [7, 11) is 0. The normalized spacial score (nSPS) is 11.0. The summed E-state index contributed by atoms with van der Waals surface area (Å²) in [5.41, 5.74) is 1.85. The third-order valence-electron chi connectivity index (χ3n) is 3.66. The molecule has 8 nitrogen and oxygen atoms in total. The van der Waals surface area contributed by atoms with Crippen LogP contribution in [0.15, 0.2) is 53.6 Å². The van der Waals surface area contributed by atoms with Gasteiger partial charge in [-0.25, -0.2) is 4.52 Å². The maximum atomic E-state index is 12.4. The molecule has 0 fully saturated rings. The Morgan fingerprint density at radius 1 is 1.21 bits per heavy atom. The Morgan fingerprint density at radius 2 is 2.08 bits per heavy atom. The molecular formula is C16H12N6O2. The zero-order chi connectivity index (χ0) is 16.5. The average molecular weight is 320 g/mol. The van der Waals surface area contributed by atoms with Crippen molar-refractivity contribution in [2.45, 2.75) is 6.54 Å². The minimum absolute atomic E-state index is 0.00843. The van der Waals surface area contributed by atoms with Crippen LogP contribution in [0.5, 0.6) is 0 Å². The van der Waals surface area contributed by atoms with E-state index in [1.165, 1.54) is 4.52 Å². The largest absolute Gasteiger partial charge is 0.346 e. The molecule has 8 heteroatoms. The van der Waals surface area contributed by atoms with Crippen molar-refractivity contribution in [1.29, 1.82) is 0 Å². The number of para-hydroxylation sites is 2. The molecule has 3 aromatic heterocycles. The molecule has 0 saturated carbocycles. The first-order chi connectivity index (χ1) is 11.7. The standard InChI is InChI=1S/C16H12N6O2/c23-15(18-9-10-4-3-7-17-8-10)13-14-16(24)19-11-5-1-2-6-12(11)22(14)21-20-13/h1-8H,9H2,(H,18,23)(H,19,24). The molecule has 0 bridgehead atoms. The first-order valence-corrected chi connectivity index (χ1v) is 7.27. The van der Waals surface area contributed by atoms with Crippen molar-refractivity contribution in [2.75, 3.05) is 0 Å². The van der Waals surface area contributed by atoms with Crippen LogP contribution in [-0.2, 0) is 6.54 Å². The molecule has 0 aliphatic rings. The number of nitrogens with one attached hydrogen (secondary N) is 2. The summed E-state index contributed by atoms with van der Waals surface area (Å²) in [5, 5.41) is 10.6.